The zero-order chi connectivity index (χ0) is 35.7. The summed E-state index contributed by atoms with van der Waals surface area (Å²) in [7, 11) is -3.63. The maximum absolute atomic E-state index is 12.9. The number of carbonyl (C=O) groups excluding carboxylic acids is 1. The zero-order valence-corrected chi connectivity index (χ0v) is 29.7. The minimum absolute atomic E-state index is 0.0246. The van der Waals surface area contributed by atoms with Gasteiger partial charge >= 0.3 is 5.97 Å². The monoisotopic (exact) mass is 705 g/mol. The lowest BCUT2D eigenvalue weighted by molar-refractivity contribution is -0.149. The molecule has 1 aliphatic carbocycles. The highest BCUT2D eigenvalue weighted by Crippen LogP contribution is 2.70. The fourth-order valence-electron chi connectivity index (χ4n) is 7.85. The van der Waals surface area contributed by atoms with Gasteiger partial charge in [0.1, 0.15) is 11.4 Å². The summed E-state index contributed by atoms with van der Waals surface area (Å²) < 4.78 is 35.3. The number of ether oxygens (including phenoxy) is 1. The van der Waals surface area contributed by atoms with Gasteiger partial charge in [0, 0.05) is 36.9 Å². The van der Waals surface area contributed by atoms with Crippen molar-refractivity contribution in [2.24, 2.45) is 10.8 Å². The normalized spacial score (nSPS) is 26.3. The summed E-state index contributed by atoms with van der Waals surface area (Å²) in [5.74, 6) is -1.40. The van der Waals surface area contributed by atoms with Crippen molar-refractivity contribution in [3.63, 3.8) is 0 Å². The van der Waals surface area contributed by atoms with Crippen LogP contribution in [0.5, 0.6) is 0 Å². The summed E-state index contributed by atoms with van der Waals surface area (Å²) in [6.45, 7) is 11.0. The van der Waals surface area contributed by atoms with E-state index in [2.05, 4.69) is 67.4 Å². The highest BCUT2D eigenvalue weighted by atomic mass is 32.2. The smallest absolute Gasteiger partial charge is 0.309 e. The van der Waals surface area contributed by atoms with E-state index in [0.717, 1.165) is 30.8 Å². The number of pyridine rings is 1. The fourth-order valence-corrected chi connectivity index (χ4v) is 8.36. The number of aromatic nitrogens is 6. The number of amides is 1. The number of aromatic amines is 1. The van der Waals surface area contributed by atoms with Gasteiger partial charge in [-0.05, 0) is 57.7 Å². The Hall–Kier alpha value is -4.57. The molecule has 2 bridgehead atoms. The Bertz CT molecular complexity index is 2080. The first-order valence-corrected chi connectivity index (χ1v) is 18.5. The third kappa shape index (κ3) is 5.67. The second-order valence-electron chi connectivity index (χ2n) is 15.0. The van der Waals surface area contributed by atoms with Gasteiger partial charge in [0.25, 0.3) is 5.95 Å². The first-order valence-electron chi connectivity index (χ1n) is 16.8. The number of rotatable bonds is 12. The number of aryl methyl sites for hydroxylation is 1. The average Bonchev–Trinajstić information content (AvgIpc) is 3.89. The maximum Gasteiger partial charge on any atom is 0.309 e. The summed E-state index contributed by atoms with van der Waals surface area (Å²) in [5.41, 5.74) is 1.12. The van der Waals surface area contributed by atoms with Crippen LogP contribution in [0.15, 0.2) is 42.6 Å². The molecule has 3 aliphatic heterocycles. The molecule has 4 aliphatic rings. The Morgan fingerprint density at radius 2 is 1.96 bits per heavy atom. The summed E-state index contributed by atoms with van der Waals surface area (Å²) in [4.78, 5) is 36.4. The molecular formula is C34H43N9O6S. The van der Waals surface area contributed by atoms with E-state index in [1.165, 1.54) is 26.3 Å². The predicted octanol–water partition coefficient (Wildman–Crippen LogP) is 3.10. The van der Waals surface area contributed by atoms with Gasteiger partial charge in [-0.15, -0.1) is 10.2 Å². The highest BCUT2D eigenvalue weighted by Gasteiger charge is 2.74. The maximum atomic E-state index is 12.9. The Balaban J connectivity index is 1.19. The SMILES string of the molecule is CCS(=O)(=O)Nc1n[nH]c(C2C3(CNC(=O)CC(C)(C)C(=O)O)COC2(c2nc4c(C)cc(N5CC[C@](C)(c6ccccc6)C5)cn4n2)C3)n1. The molecule has 8 rings (SSSR count). The molecule has 4 aromatic rings. The lowest BCUT2D eigenvalue weighted by Crippen LogP contribution is -2.56. The van der Waals surface area contributed by atoms with Crippen LogP contribution in [0.3, 0.4) is 0 Å². The van der Waals surface area contributed by atoms with Crippen molar-refractivity contribution < 1.29 is 27.9 Å². The van der Waals surface area contributed by atoms with Crippen molar-refractivity contribution in [1.82, 2.24) is 35.1 Å². The van der Waals surface area contributed by atoms with E-state index in [-0.39, 0.29) is 36.7 Å². The summed E-state index contributed by atoms with van der Waals surface area (Å²) in [5, 5.41) is 24.4. The number of H-pyrrole nitrogens is 1. The van der Waals surface area contributed by atoms with E-state index < -0.39 is 44.2 Å². The molecule has 1 aromatic carbocycles. The van der Waals surface area contributed by atoms with Crippen LogP contribution in [0.25, 0.3) is 5.65 Å². The fraction of sp³-hybridized carbons (Fsp3) is 0.529. The van der Waals surface area contributed by atoms with Crippen LogP contribution in [-0.4, -0.2) is 87.2 Å². The van der Waals surface area contributed by atoms with Gasteiger partial charge in [-0.3, -0.25) is 14.7 Å². The molecule has 50 heavy (non-hydrogen) atoms. The number of sulfonamides is 1. The number of hydrogen-bond donors (Lipinski definition) is 4. The van der Waals surface area contributed by atoms with Crippen molar-refractivity contribution in [3.8, 4) is 0 Å². The van der Waals surface area contributed by atoms with E-state index in [0.29, 0.717) is 23.7 Å². The Morgan fingerprint density at radius 1 is 1.20 bits per heavy atom. The number of anilines is 2. The minimum Gasteiger partial charge on any atom is -0.481 e. The summed E-state index contributed by atoms with van der Waals surface area (Å²) in [6.07, 6.45) is 3.28. The Kier molecular flexibility index (Phi) is 7.97. The number of carboxylic acids is 1. The van der Waals surface area contributed by atoms with Gasteiger partial charge in [-0.2, -0.15) is 4.98 Å². The molecule has 0 radical (unpaired) electrons. The van der Waals surface area contributed by atoms with E-state index in [9.17, 15) is 23.1 Å². The number of benzene rings is 1. The third-order valence-corrected chi connectivity index (χ3v) is 12.1. The Labute approximate surface area is 290 Å². The molecule has 1 amide bonds. The van der Waals surface area contributed by atoms with Crippen molar-refractivity contribution in [2.45, 2.75) is 70.8 Å². The first-order chi connectivity index (χ1) is 23.6. The number of carboxylic acid groups (broad SMARTS) is 1. The average molecular weight is 706 g/mol. The van der Waals surface area contributed by atoms with Gasteiger partial charge in [-0.1, -0.05) is 37.3 Å². The van der Waals surface area contributed by atoms with E-state index in [4.69, 9.17) is 14.8 Å². The molecule has 3 saturated heterocycles. The van der Waals surface area contributed by atoms with Crippen molar-refractivity contribution in [1.29, 1.82) is 0 Å². The van der Waals surface area contributed by atoms with Crippen LogP contribution in [-0.2, 0) is 35.4 Å². The van der Waals surface area contributed by atoms with Crippen molar-refractivity contribution >= 4 is 39.2 Å². The molecule has 266 valence electrons. The lowest BCUT2D eigenvalue weighted by Gasteiger charge is -2.50. The molecule has 0 spiro atoms. The number of carbonyl (C=O) groups is 2. The van der Waals surface area contributed by atoms with Gasteiger partial charge in [-0.25, -0.2) is 22.6 Å². The molecule has 15 nitrogen and oxygen atoms in total. The Morgan fingerprint density at radius 3 is 2.68 bits per heavy atom. The second kappa shape index (κ2) is 11.8. The van der Waals surface area contributed by atoms with Gasteiger partial charge in [0.15, 0.2) is 11.5 Å². The van der Waals surface area contributed by atoms with E-state index >= 15 is 0 Å². The summed E-state index contributed by atoms with van der Waals surface area (Å²) >= 11 is 0. The van der Waals surface area contributed by atoms with Gasteiger partial charge in [0.2, 0.25) is 15.9 Å². The molecule has 4 N–H and O–H groups in total. The van der Waals surface area contributed by atoms with Gasteiger partial charge < -0.3 is 20.1 Å². The molecule has 4 atom stereocenters. The van der Waals surface area contributed by atoms with Crippen LogP contribution in [0.1, 0.15) is 75.7 Å². The van der Waals surface area contributed by atoms with Crippen LogP contribution in [0.4, 0.5) is 11.6 Å². The van der Waals surface area contributed by atoms with Gasteiger partial charge in [0.05, 0.1) is 35.6 Å². The van der Waals surface area contributed by atoms with Crippen LogP contribution >= 0.6 is 0 Å². The molecular weight excluding hydrogens is 662 g/mol. The van der Waals surface area contributed by atoms with Crippen LogP contribution in [0, 0.1) is 17.8 Å². The third-order valence-electron chi connectivity index (χ3n) is 10.8. The first kappa shape index (κ1) is 33.9. The van der Waals surface area contributed by atoms with Crippen molar-refractivity contribution in [2.75, 3.05) is 41.6 Å². The standard InChI is InChI=1S/C34H43N9O6S/c1-6-50(47,48)41-30-36-26(38-39-30)25-33(18-35-24(44)15-31(3,4)29(45)46)17-34(25,49-20-33)28-37-27-21(2)14-23(16-43(27)40-28)42-13-12-32(5,19-42)22-10-8-7-9-11-22/h7-11,14,16,25H,6,12-13,15,17-20H2,1-5H3,(H,35,44)(H,45,46)(H2,36,38,39,41)/t25?,32-,33?,34?/m0/s1. The number of hydrogen-bond acceptors (Lipinski definition) is 10. The zero-order valence-electron chi connectivity index (χ0n) is 28.9. The lowest BCUT2D eigenvalue weighted by atomic mass is 9.53. The number of nitrogens with one attached hydrogen (secondary N) is 3. The highest BCUT2D eigenvalue weighted by molar-refractivity contribution is 7.92. The minimum atomic E-state index is -3.63. The quantitative estimate of drug-likeness (QED) is 0.169. The number of aliphatic carboxylic acids is 1. The number of fused-ring (bicyclic) bond motifs is 2. The predicted molar refractivity (Wildman–Crippen MR) is 184 cm³/mol. The number of nitrogens with zero attached hydrogens (tertiary/aromatic N) is 6. The van der Waals surface area contributed by atoms with Crippen LogP contribution < -0.4 is 14.9 Å². The van der Waals surface area contributed by atoms with E-state index in [1.54, 1.807) is 4.52 Å². The molecule has 4 fully saturated rings. The molecule has 3 unspecified atom stereocenters. The largest absolute Gasteiger partial charge is 0.481 e. The molecule has 6 heterocycles. The van der Waals surface area contributed by atoms with Crippen LogP contribution in [0.2, 0.25) is 0 Å². The second-order valence-corrected chi connectivity index (χ2v) is 17.0. The van der Waals surface area contributed by atoms with Crippen molar-refractivity contribution in [3.05, 3.63) is 65.4 Å². The topological polar surface area (TPSA) is 197 Å². The molecule has 3 aromatic heterocycles. The molecule has 16 heteroatoms. The van der Waals surface area contributed by atoms with E-state index in [1.807, 2.05) is 19.2 Å². The molecule has 1 saturated carbocycles. The summed E-state index contributed by atoms with van der Waals surface area (Å²) in [6, 6.07) is 12.7.